The second-order valence-corrected chi connectivity index (χ2v) is 3.55. The number of hydrogen-bond donors (Lipinski definition) is 1. The summed E-state index contributed by atoms with van der Waals surface area (Å²) >= 11 is 4.34. The van der Waals surface area contributed by atoms with E-state index in [0.717, 1.165) is 41.6 Å². The first-order valence-corrected chi connectivity index (χ1v) is 5.00. The number of hydrogen-bond acceptors (Lipinski definition) is 2. The third kappa shape index (κ3) is 2.59. The summed E-state index contributed by atoms with van der Waals surface area (Å²) in [6.45, 7) is 2.14. The Morgan fingerprint density at radius 2 is 2.23 bits per heavy atom. The normalized spacial score (nSPS) is 10.0. The summed E-state index contributed by atoms with van der Waals surface area (Å²) in [6.07, 6.45) is 4.10. The zero-order valence-corrected chi connectivity index (χ0v) is 8.68. The molecule has 0 N–H and O–H groups in total. The summed E-state index contributed by atoms with van der Waals surface area (Å²) in [6, 6.07) is 5.64. The van der Waals surface area contributed by atoms with Crippen LogP contribution in [0.3, 0.4) is 0 Å². The van der Waals surface area contributed by atoms with Crippen molar-refractivity contribution in [3.63, 3.8) is 0 Å². The topological polar surface area (TPSA) is 17.1 Å². The van der Waals surface area contributed by atoms with Crippen molar-refractivity contribution in [3.05, 3.63) is 29.3 Å². The van der Waals surface area contributed by atoms with Crippen LogP contribution >= 0.6 is 12.6 Å². The van der Waals surface area contributed by atoms with Crippen molar-refractivity contribution in [1.82, 2.24) is 0 Å². The Kier molecular flexibility index (Phi) is 4.03. The first kappa shape index (κ1) is 10.3. The molecule has 0 amide bonds. The minimum absolute atomic E-state index is 0.779. The molecule has 1 aromatic carbocycles. The Morgan fingerprint density at radius 1 is 1.46 bits per heavy atom. The van der Waals surface area contributed by atoms with Gasteiger partial charge in [-0.15, -0.1) is 12.6 Å². The molecule has 1 nitrogen and oxygen atoms in total. The lowest BCUT2D eigenvalue weighted by Gasteiger charge is -2.06. The van der Waals surface area contributed by atoms with Crippen molar-refractivity contribution in [2.24, 2.45) is 0 Å². The van der Waals surface area contributed by atoms with Gasteiger partial charge in [-0.25, -0.2) is 0 Å². The highest BCUT2D eigenvalue weighted by Gasteiger charge is 2.03. The predicted octanol–water partition coefficient (Wildman–Crippen LogP) is 3.13. The first-order chi connectivity index (χ1) is 6.29. The highest BCUT2D eigenvalue weighted by Crippen LogP contribution is 2.19. The molecule has 13 heavy (non-hydrogen) atoms. The van der Waals surface area contributed by atoms with Gasteiger partial charge in [-0.05, 0) is 24.5 Å². The van der Waals surface area contributed by atoms with Gasteiger partial charge in [0.15, 0.2) is 0 Å². The molecule has 0 atom stereocenters. The number of aldehydes is 1. The smallest absolute Gasteiger partial charge is 0.150 e. The SMILES string of the molecule is CCCCc1c(S)cccc1C=O. The summed E-state index contributed by atoms with van der Waals surface area (Å²) in [7, 11) is 0. The molecular weight excluding hydrogens is 180 g/mol. The van der Waals surface area contributed by atoms with Gasteiger partial charge in [-0.3, -0.25) is 4.79 Å². The fourth-order valence-corrected chi connectivity index (χ4v) is 1.66. The molecule has 0 aromatic heterocycles. The molecule has 0 heterocycles. The van der Waals surface area contributed by atoms with Gasteiger partial charge in [-0.2, -0.15) is 0 Å². The Balaban J connectivity index is 2.93. The maximum absolute atomic E-state index is 10.7. The Labute approximate surface area is 84.6 Å². The van der Waals surface area contributed by atoms with Crippen molar-refractivity contribution in [1.29, 1.82) is 0 Å². The van der Waals surface area contributed by atoms with E-state index >= 15 is 0 Å². The molecule has 0 aliphatic rings. The Bertz CT molecular complexity index is 294. The number of carbonyl (C=O) groups is 1. The van der Waals surface area contributed by atoms with E-state index in [9.17, 15) is 4.79 Å². The van der Waals surface area contributed by atoms with E-state index in [0.29, 0.717) is 0 Å². The number of unbranched alkanes of at least 4 members (excludes halogenated alkanes) is 1. The van der Waals surface area contributed by atoms with E-state index < -0.39 is 0 Å². The Morgan fingerprint density at radius 3 is 2.85 bits per heavy atom. The second kappa shape index (κ2) is 5.07. The zero-order chi connectivity index (χ0) is 9.68. The van der Waals surface area contributed by atoms with E-state index in [1.807, 2.05) is 18.2 Å². The quantitative estimate of drug-likeness (QED) is 0.575. The molecule has 0 unspecified atom stereocenters. The highest BCUT2D eigenvalue weighted by atomic mass is 32.1. The lowest BCUT2D eigenvalue weighted by Crippen LogP contribution is -1.94. The molecule has 0 radical (unpaired) electrons. The van der Waals surface area contributed by atoms with Crippen LogP contribution in [0.1, 0.15) is 35.7 Å². The highest BCUT2D eigenvalue weighted by molar-refractivity contribution is 7.80. The fourth-order valence-electron chi connectivity index (χ4n) is 1.33. The minimum Gasteiger partial charge on any atom is -0.298 e. The second-order valence-electron chi connectivity index (χ2n) is 3.07. The van der Waals surface area contributed by atoms with Crippen molar-refractivity contribution in [3.8, 4) is 0 Å². The monoisotopic (exact) mass is 194 g/mol. The molecule has 0 spiro atoms. The third-order valence-corrected chi connectivity index (χ3v) is 2.51. The lowest BCUT2D eigenvalue weighted by atomic mass is 10.0. The van der Waals surface area contributed by atoms with Crippen LogP contribution in [0.4, 0.5) is 0 Å². The van der Waals surface area contributed by atoms with Crippen LogP contribution in [0, 0.1) is 0 Å². The van der Waals surface area contributed by atoms with Gasteiger partial charge >= 0.3 is 0 Å². The van der Waals surface area contributed by atoms with Crippen LogP contribution in [0.15, 0.2) is 23.1 Å². The molecule has 1 rings (SSSR count). The summed E-state index contributed by atoms with van der Waals surface area (Å²) < 4.78 is 0. The molecule has 0 fully saturated rings. The summed E-state index contributed by atoms with van der Waals surface area (Å²) in [4.78, 5) is 11.6. The van der Waals surface area contributed by atoms with Crippen LogP contribution in [0.5, 0.6) is 0 Å². The molecule has 0 aliphatic heterocycles. The zero-order valence-electron chi connectivity index (χ0n) is 7.79. The van der Waals surface area contributed by atoms with Gasteiger partial charge in [0.1, 0.15) is 6.29 Å². The van der Waals surface area contributed by atoms with Crippen LogP contribution in [0.25, 0.3) is 0 Å². The van der Waals surface area contributed by atoms with Crippen LogP contribution in [0.2, 0.25) is 0 Å². The summed E-state index contributed by atoms with van der Waals surface area (Å²) in [5.41, 5.74) is 1.86. The van der Waals surface area contributed by atoms with E-state index in [1.165, 1.54) is 0 Å². The number of thiol groups is 1. The van der Waals surface area contributed by atoms with E-state index in [2.05, 4.69) is 19.6 Å². The molecule has 2 heteroatoms. The number of rotatable bonds is 4. The van der Waals surface area contributed by atoms with Crippen molar-refractivity contribution >= 4 is 18.9 Å². The standard InChI is InChI=1S/C11H14OS/c1-2-3-6-10-9(8-12)5-4-7-11(10)13/h4-5,7-8,13H,2-3,6H2,1H3. The maximum Gasteiger partial charge on any atom is 0.150 e. The van der Waals surface area contributed by atoms with Gasteiger partial charge in [0, 0.05) is 10.5 Å². The molecule has 0 saturated heterocycles. The lowest BCUT2D eigenvalue weighted by molar-refractivity contribution is 0.112. The van der Waals surface area contributed by atoms with E-state index in [1.54, 1.807) is 0 Å². The summed E-state index contributed by atoms with van der Waals surface area (Å²) in [5, 5.41) is 0. The van der Waals surface area contributed by atoms with Gasteiger partial charge in [0.25, 0.3) is 0 Å². The average Bonchev–Trinajstić information content (AvgIpc) is 2.15. The van der Waals surface area contributed by atoms with Crippen molar-refractivity contribution in [2.75, 3.05) is 0 Å². The van der Waals surface area contributed by atoms with Crippen molar-refractivity contribution < 1.29 is 4.79 Å². The maximum atomic E-state index is 10.7. The van der Waals surface area contributed by atoms with E-state index in [4.69, 9.17) is 0 Å². The first-order valence-electron chi connectivity index (χ1n) is 4.55. The van der Waals surface area contributed by atoms with Gasteiger partial charge in [0.2, 0.25) is 0 Å². The minimum atomic E-state index is 0.779. The molecule has 70 valence electrons. The van der Waals surface area contributed by atoms with Crippen LogP contribution in [-0.4, -0.2) is 6.29 Å². The van der Waals surface area contributed by atoms with Crippen molar-refractivity contribution in [2.45, 2.75) is 31.1 Å². The molecule has 0 saturated carbocycles. The fraction of sp³-hybridized carbons (Fsp3) is 0.364. The van der Waals surface area contributed by atoms with E-state index in [-0.39, 0.29) is 0 Å². The van der Waals surface area contributed by atoms with Crippen LogP contribution < -0.4 is 0 Å². The Hall–Kier alpha value is -0.760. The van der Waals surface area contributed by atoms with Gasteiger partial charge in [0.05, 0.1) is 0 Å². The van der Waals surface area contributed by atoms with Gasteiger partial charge in [-0.1, -0.05) is 25.5 Å². The predicted molar refractivity (Wildman–Crippen MR) is 57.7 cm³/mol. The van der Waals surface area contributed by atoms with Crippen LogP contribution in [-0.2, 0) is 6.42 Å². The third-order valence-electron chi connectivity index (χ3n) is 2.09. The molecule has 1 aromatic rings. The molecular formula is C11H14OS. The average molecular weight is 194 g/mol. The number of benzene rings is 1. The largest absolute Gasteiger partial charge is 0.298 e. The van der Waals surface area contributed by atoms with Gasteiger partial charge < -0.3 is 0 Å². The summed E-state index contributed by atoms with van der Waals surface area (Å²) in [5.74, 6) is 0. The molecule has 0 bridgehead atoms. The molecule has 0 aliphatic carbocycles. The number of carbonyl (C=O) groups excluding carboxylic acids is 1.